The summed E-state index contributed by atoms with van der Waals surface area (Å²) >= 11 is 0. The maximum Gasteiger partial charge on any atom is 0.258 e. The first-order valence-electron chi connectivity index (χ1n) is 6.76. The van der Waals surface area contributed by atoms with Gasteiger partial charge in [-0.25, -0.2) is 9.37 Å². The number of halogens is 1. The van der Waals surface area contributed by atoms with Gasteiger partial charge < -0.3 is 14.5 Å². The Bertz CT molecular complexity index is 936. The standard InChI is InChI=1S/C16H11FN2O3/c17-10-2-3-12-11(7-10)16(20)19-15(18-12)6-9-1-4-13-14(5-9)22-8-21-13/h1-5,7H,6,8H2,(H,18,19,20). The summed E-state index contributed by atoms with van der Waals surface area (Å²) in [4.78, 5) is 19.1. The van der Waals surface area contributed by atoms with Crippen molar-refractivity contribution < 1.29 is 13.9 Å². The van der Waals surface area contributed by atoms with Crippen molar-refractivity contribution in [2.45, 2.75) is 6.42 Å². The van der Waals surface area contributed by atoms with Crippen molar-refractivity contribution in [2.75, 3.05) is 6.79 Å². The molecule has 6 heteroatoms. The number of aromatic amines is 1. The zero-order chi connectivity index (χ0) is 15.1. The summed E-state index contributed by atoms with van der Waals surface area (Å²) in [6.07, 6.45) is 0.444. The second kappa shape index (κ2) is 4.84. The van der Waals surface area contributed by atoms with Crippen LogP contribution in [0.5, 0.6) is 11.5 Å². The van der Waals surface area contributed by atoms with E-state index >= 15 is 0 Å². The van der Waals surface area contributed by atoms with Gasteiger partial charge in [0.05, 0.1) is 10.9 Å². The number of ether oxygens (including phenoxy) is 2. The first-order chi connectivity index (χ1) is 10.7. The Morgan fingerprint density at radius 1 is 1.14 bits per heavy atom. The third kappa shape index (κ3) is 2.18. The quantitative estimate of drug-likeness (QED) is 0.789. The fourth-order valence-corrected chi connectivity index (χ4v) is 2.49. The topological polar surface area (TPSA) is 64.2 Å². The van der Waals surface area contributed by atoms with Crippen molar-refractivity contribution in [3.8, 4) is 11.5 Å². The van der Waals surface area contributed by atoms with Gasteiger partial charge in [-0.2, -0.15) is 0 Å². The summed E-state index contributed by atoms with van der Waals surface area (Å²) < 4.78 is 23.8. The zero-order valence-corrected chi connectivity index (χ0v) is 11.4. The van der Waals surface area contributed by atoms with Gasteiger partial charge in [0.2, 0.25) is 6.79 Å². The van der Waals surface area contributed by atoms with Gasteiger partial charge >= 0.3 is 0 Å². The third-order valence-electron chi connectivity index (χ3n) is 3.53. The van der Waals surface area contributed by atoms with E-state index < -0.39 is 5.82 Å². The summed E-state index contributed by atoms with van der Waals surface area (Å²) in [6, 6.07) is 9.56. The molecule has 0 unspecified atom stereocenters. The largest absolute Gasteiger partial charge is 0.454 e. The Morgan fingerprint density at radius 2 is 2.00 bits per heavy atom. The first kappa shape index (κ1) is 12.8. The first-order valence-corrected chi connectivity index (χ1v) is 6.76. The van der Waals surface area contributed by atoms with E-state index in [-0.39, 0.29) is 17.7 Å². The highest BCUT2D eigenvalue weighted by atomic mass is 19.1. The Kier molecular flexibility index (Phi) is 2.82. The number of hydrogen-bond donors (Lipinski definition) is 1. The average Bonchev–Trinajstić information content (AvgIpc) is 2.96. The molecule has 0 saturated heterocycles. The van der Waals surface area contributed by atoms with Gasteiger partial charge in [-0.15, -0.1) is 0 Å². The summed E-state index contributed by atoms with van der Waals surface area (Å²) in [5.74, 6) is 1.45. The lowest BCUT2D eigenvalue weighted by Crippen LogP contribution is -2.12. The smallest absolute Gasteiger partial charge is 0.258 e. The number of rotatable bonds is 2. The van der Waals surface area contributed by atoms with E-state index in [9.17, 15) is 9.18 Å². The molecular weight excluding hydrogens is 287 g/mol. The van der Waals surface area contributed by atoms with Gasteiger partial charge in [0.15, 0.2) is 11.5 Å². The Balaban J connectivity index is 1.72. The summed E-state index contributed by atoms with van der Waals surface area (Å²) in [6.45, 7) is 0.218. The van der Waals surface area contributed by atoms with Gasteiger partial charge in [-0.05, 0) is 35.9 Å². The van der Waals surface area contributed by atoms with Crippen LogP contribution < -0.4 is 15.0 Å². The molecule has 0 bridgehead atoms. The van der Waals surface area contributed by atoms with Crippen LogP contribution >= 0.6 is 0 Å². The van der Waals surface area contributed by atoms with Crippen LogP contribution in [-0.4, -0.2) is 16.8 Å². The van der Waals surface area contributed by atoms with Crippen molar-refractivity contribution in [3.63, 3.8) is 0 Å². The van der Waals surface area contributed by atoms with Gasteiger partial charge in [-0.1, -0.05) is 6.07 Å². The van der Waals surface area contributed by atoms with E-state index in [1.807, 2.05) is 18.2 Å². The molecule has 0 amide bonds. The second-order valence-corrected chi connectivity index (χ2v) is 5.04. The van der Waals surface area contributed by atoms with Crippen LogP contribution in [-0.2, 0) is 6.42 Å². The molecular formula is C16H11FN2O3. The number of hydrogen-bond acceptors (Lipinski definition) is 4. The van der Waals surface area contributed by atoms with Gasteiger partial charge in [0, 0.05) is 6.42 Å². The second-order valence-electron chi connectivity index (χ2n) is 5.04. The number of H-pyrrole nitrogens is 1. The Labute approximate surface area is 124 Å². The van der Waals surface area contributed by atoms with Crippen LogP contribution in [0.3, 0.4) is 0 Å². The third-order valence-corrected chi connectivity index (χ3v) is 3.53. The lowest BCUT2D eigenvalue weighted by Gasteiger charge is -2.04. The fourth-order valence-electron chi connectivity index (χ4n) is 2.49. The SMILES string of the molecule is O=c1[nH]c(Cc2ccc3c(c2)OCO3)nc2ccc(F)cc12. The molecule has 0 spiro atoms. The molecule has 1 N–H and O–H groups in total. The van der Waals surface area contributed by atoms with Crippen molar-refractivity contribution in [1.82, 2.24) is 9.97 Å². The highest BCUT2D eigenvalue weighted by molar-refractivity contribution is 5.77. The van der Waals surface area contributed by atoms with Crippen LogP contribution in [0.25, 0.3) is 10.9 Å². The van der Waals surface area contributed by atoms with Crippen LogP contribution in [0.15, 0.2) is 41.2 Å². The van der Waals surface area contributed by atoms with Crippen LogP contribution in [0.4, 0.5) is 4.39 Å². The fraction of sp³-hybridized carbons (Fsp3) is 0.125. The van der Waals surface area contributed by atoms with E-state index in [0.717, 1.165) is 5.56 Å². The predicted octanol–water partition coefficient (Wildman–Crippen LogP) is 2.38. The maximum atomic E-state index is 13.2. The molecule has 0 aliphatic carbocycles. The molecule has 2 aromatic carbocycles. The van der Waals surface area contributed by atoms with Gasteiger partial charge in [0.1, 0.15) is 11.6 Å². The summed E-state index contributed by atoms with van der Waals surface area (Å²) in [5.41, 5.74) is 1.06. The van der Waals surface area contributed by atoms with E-state index in [0.29, 0.717) is 29.3 Å². The monoisotopic (exact) mass is 298 g/mol. The lowest BCUT2D eigenvalue weighted by molar-refractivity contribution is 0.174. The Hall–Kier alpha value is -2.89. The van der Waals surface area contributed by atoms with Gasteiger partial charge in [0.25, 0.3) is 5.56 Å². The van der Waals surface area contributed by atoms with Crippen LogP contribution in [0.1, 0.15) is 11.4 Å². The molecule has 1 aliphatic heterocycles. The average molecular weight is 298 g/mol. The van der Waals surface area contributed by atoms with E-state index in [2.05, 4.69) is 9.97 Å². The number of fused-ring (bicyclic) bond motifs is 2. The van der Waals surface area contributed by atoms with Crippen molar-refractivity contribution in [1.29, 1.82) is 0 Å². The molecule has 0 atom stereocenters. The van der Waals surface area contributed by atoms with Crippen molar-refractivity contribution in [2.24, 2.45) is 0 Å². The van der Waals surface area contributed by atoms with E-state index in [4.69, 9.17) is 9.47 Å². The van der Waals surface area contributed by atoms with E-state index in [1.54, 1.807) is 0 Å². The highest BCUT2D eigenvalue weighted by Gasteiger charge is 2.14. The molecule has 2 heterocycles. The van der Waals surface area contributed by atoms with E-state index in [1.165, 1.54) is 18.2 Å². The number of aromatic nitrogens is 2. The van der Waals surface area contributed by atoms with Gasteiger partial charge in [-0.3, -0.25) is 4.79 Å². The molecule has 0 saturated carbocycles. The molecule has 22 heavy (non-hydrogen) atoms. The molecule has 110 valence electrons. The minimum Gasteiger partial charge on any atom is -0.454 e. The highest BCUT2D eigenvalue weighted by Crippen LogP contribution is 2.32. The molecule has 4 rings (SSSR count). The van der Waals surface area contributed by atoms with Crippen LogP contribution in [0.2, 0.25) is 0 Å². The number of nitrogens with zero attached hydrogens (tertiary/aromatic N) is 1. The normalized spacial score (nSPS) is 12.8. The lowest BCUT2D eigenvalue weighted by atomic mass is 10.1. The molecule has 0 fully saturated rings. The summed E-state index contributed by atoms with van der Waals surface area (Å²) in [7, 11) is 0. The molecule has 5 nitrogen and oxygen atoms in total. The minimum atomic E-state index is -0.455. The minimum absolute atomic E-state index is 0.218. The Morgan fingerprint density at radius 3 is 2.91 bits per heavy atom. The number of nitrogens with one attached hydrogen (secondary N) is 1. The zero-order valence-electron chi connectivity index (χ0n) is 11.4. The predicted molar refractivity (Wildman–Crippen MR) is 77.7 cm³/mol. The molecule has 3 aromatic rings. The van der Waals surface area contributed by atoms with Crippen LogP contribution in [0, 0.1) is 5.82 Å². The molecule has 1 aliphatic rings. The molecule has 1 aromatic heterocycles. The number of benzene rings is 2. The molecule has 0 radical (unpaired) electrons. The maximum absolute atomic E-state index is 13.2. The van der Waals surface area contributed by atoms with Crippen molar-refractivity contribution >= 4 is 10.9 Å². The van der Waals surface area contributed by atoms with Crippen molar-refractivity contribution in [3.05, 3.63) is 64.0 Å². The summed E-state index contributed by atoms with van der Waals surface area (Å²) in [5, 5.41) is 0.245.